The Hall–Kier alpha value is -0.850. The van der Waals surface area contributed by atoms with Gasteiger partial charge in [-0.3, -0.25) is 0 Å². The second-order valence-corrected chi connectivity index (χ2v) is 6.71. The number of rotatable bonds is 3. The van der Waals surface area contributed by atoms with Crippen LogP contribution in [0.3, 0.4) is 0 Å². The highest BCUT2D eigenvalue weighted by Gasteiger charge is 2.40. The number of hydrogen-bond donors (Lipinski definition) is 2. The summed E-state index contributed by atoms with van der Waals surface area (Å²) in [5.74, 6) is -0.835. The molecular weight excluding hydrogens is 262 g/mol. The second kappa shape index (κ2) is 6.28. The Morgan fingerprint density at radius 3 is 2.60 bits per heavy atom. The lowest BCUT2D eigenvalue weighted by Gasteiger charge is -2.43. The number of aliphatic hydroxyl groups is 1. The molecule has 1 rings (SSSR count). The molecule has 6 heteroatoms. The summed E-state index contributed by atoms with van der Waals surface area (Å²) in [4.78, 5) is 11.8. The van der Waals surface area contributed by atoms with Gasteiger partial charge in [0.2, 0.25) is 0 Å². The minimum atomic E-state index is -0.722. The third-order valence-corrected chi connectivity index (χ3v) is 2.98. The number of nitrogens with one attached hydrogen (secondary N) is 1. The summed E-state index contributed by atoms with van der Waals surface area (Å²) in [6.45, 7) is 11.2. The van der Waals surface area contributed by atoms with Gasteiger partial charge in [0.15, 0.2) is 5.79 Å². The second-order valence-electron chi connectivity index (χ2n) is 6.71. The van der Waals surface area contributed by atoms with Gasteiger partial charge in [0.25, 0.3) is 0 Å². The predicted octanol–water partition coefficient (Wildman–Crippen LogP) is 1.66. The molecule has 0 aromatic rings. The average Bonchev–Trinajstić information content (AvgIpc) is 2.27. The van der Waals surface area contributed by atoms with Crippen LogP contribution in [0.5, 0.6) is 0 Å². The van der Waals surface area contributed by atoms with Gasteiger partial charge >= 0.3 is 6.09 Å². The molecule has 20 heavy (non-hydrogen) atoms. The van der Waals surface area contributed by atoms with E-state index in [1.807, 2.05) is 20.8 Å². The van der Waals surface area contributed by atoms with Crippen LogP contribution in [0.15, 0.2) is 0 Å². The van der Waals surface area contributed by atoms with E-state index >= 15 is 0 Å². The molecular formula is C14H27NO5. The van der Waals surface area contributed by atoms with Crippen molar-refractivity contribution in [3.05, 3.63) is 0 Å². The quantitative estimate of drug-likeness (QED) is 0.826. The molecule has 1 amide bonds. The highest BCUT2D eigenvalue weighted by molar-refractivity contribution is 5.68. The van der Waals surface area contributed by atoms with Crippen molar-refractivity contribution in [1.82, 2.24) is 5.32 Å². The molecule has 0 saturated carbocycles. The molecule has 0 spiro atoms. The fourth-order valence-electron chi connectivity index (χ4n) is 2.03. The van der Waals surface area contributed by atoms with Crippen LogP contribution in [0, 0.1) is 5.92 Å². The standard InChI is InChI=1S/C14H27NO5/c1-9(7-16)11-10(8-18-14(5,6)19-11)15-12(17)20-13(2,3)4/h9-11,16H,7-8H2,1-6H3,(H,15,17)/t9-,10+,11-/m1/s1. The Morgan fingerprint density at radius 2 is 2.10 bits per heavy atom. The Bertz CT molecular complexity index is 337. The first-order valence-electron chi connectivity index (χ1n) is 6.96. The molecule has 1 aliphatic heterocycles. The lowest BCUT2D eigenvalue weighted by atomic mass is 9.97. The van der Waals surface area contributed by atoms with Gasteiger partial charge in [-0.05, 0) is 34.6 Å². The van der Waals surface area contributed by atoms with Crippen molar-refractivity contribution < 1.29 is 24.1 Å². The number of carbonyl (C=O) groups is 1. The summed E-state index contributed by atoms with van der Waals surface area (Å²) < 4.78 is 16.6. The Kier molecular flexibility index (Phi) is 5.40. The molecule has 0 radical (unpaired) electrons. The van der Waals surface area contributed by atoms with Crippen molar-refractivity contribution in [3.63, 3.8) is 0 Å². The summed E-state index contributed by atoms with van der Waals surface area (Å²) in [6.07, 6.45) is -0.833. The van der Waals surface area contributed by atoms with Crippen LogP contribution < -0.4 is 5.32 Å². The summed E-state index contributed by atoms with van der Waals surface area (Å²) in [5, 5.41) is 12.1. The van der Waals surface area contributed by atoms with Gasteiger partial charge in [-0.25, -0.2) is 4.79 Å². The van der Waals surface area contributed by atoms with E-state index in [0.717, 1.165) is 0 Å². The van der Waals surface area contributed by atoms with Crippen LogP contribution in [-0.2, 0) is 14.2 Å². The lowest BCUT2D eigenvalue weighted by Crippen LogP contribution is -2.58. The zero-order chi connectivity index (χ0) is 15.6. The largest absolute Gasteiger partial charge is 0.444 e. The lowest BCUT2D eigenvalue weighted by molar-refractivity contribution is -0.291. The molecule has 0 bridgehead atoms. The number of amides is 1. The van der Waals surface area contributed by atoms with E-state index in [0.29, 0.717) is 6.61 Å². The first-order valence-corrected chi connectivity index (χ1v) is 6.96. The third kappa shape index (κ3) is 5.26. The Morgan fingerprint density at radius 1 is 1.50 bits per heavy atom. The van der Waals surface area contributed by atoms with Crippen LogP contribution in [0.4, 0.5) is 4.79 Å². The van der Waals surface area contributed by atoms with Crippen molar-refractivity contribution in [2.24, 2.45) is 5.92 Å². The molecule has 1 aliphatic rings. The summed E-state index contributed by atoms with van der Waals surface area (Å²) in [6, 6.07) is -0.347. The van der Waals surface area contributed by atoms with Crippen LogP contribution in [-0.4, -0.2) is 47.9 Å². The van der Waals surface area contributed by atoms with Crippen molar-refractivity contribution in [3.8, 4) is 0 Å². The molecule has 118 valence electrons. The fraction of sp³-hybridized carbons (Fsp3) is 0.929. The maximum atomic E-state index is 11.8. The van der Waals surface area contributed by atoms with E-state index < -0.39 is 17.5 Å². The van der Waals surface area contributed by atoms with E-state index in [2.05, 4.69) is 5.32 Å². The summed E-state index contributed by atoms with van der Waals surface area (Å²) in [5.41, 5.74) is -0.558. The van der Waals surface area contributed by atoms with Crippen molar-refractivity contribution >= 4 is 6.09 Å². The van der Waals surface area contributed by atoms with Crippen LogP contribution in [0.25, 0.3) is 0 Å². The maximum absolute atomic E-state index is 11.8. The average molecular weight is 289 g/mol. The highest BCUT2D eigenvalue weighted by atomic mass is 16.7. The van der Waals surface area contributed by atoms with E-state index in [1.54, 1.807) is 20.8 Å². The molecule has 0 aliphatic carbocycles. The number of hydrogen-bond acceptors (Lipinski definition) is 5. The molecule has 3 atom stereocenters. The monoisotopic (exact) mass is 289 g/mol. The minimum absolute atomic E-state index is 0.0206. The zero-order valence-electron chi connectivity index (χ0n) is 13.2. The third-order valence-electron chi connectivity index (χ3n) is 2.98. The number of carbonyl (C=O) groups excluding carboxylic acids is 1. The zero-order valence-corrected chi connectivity index (χ0v) is 13.2. The Balaban J connectivity index is 2.69. The van der Waals surface area contributed by atoms with Crippen molar-refractivity contribution in [1.29, 1.82) is 0 Å². The van der Waals surface area contributed by atoms with Gasteiger partial charge in [0, 0.05) is 12.5 Å². The van der Waals surface area contributed by atoms with E-state index in [1.165, 1.54) is 0 Å². The van der Waals surface area contributed by atoms with Gasteiger partial charge in [-0.1, -0.05) is 6.92 Å². The summed E-state index contributed by atoms with van der Waals surface area (Å²) >= 11 is 0. The predicted molar refractivity (Wildman–Crippen MR) is 74.3 cm³/mol. The molecule has 1 heterocycles. The van der Waals surface area contributed by atoms with E-state index in [9.17, 15) is 9.90 Å². The smallest absolute Gasteiger partial charge is 0.408 e. The maximum Gasteiger partial charge on any atom is 0.408 e. The van der Waals surface area contributed by atoms with Crippen molar-refractivity contribution in [2.75, 3.05) is 13.2 Å². The summed E-state index contributed by atoms with van der Waals surface area (Å²) in [7, 11) is 0. The van der Waals surface area contributed by atoms with Gasteiger partial charge in [0.1, 0.15) is 5.60 Å². The first-order chi connectivity index (χ1) is 9.04. The molecule has 1 saturated heterocycles. The highest BCUT2D eigenvalue weighted by Crippen LogP contribution is 2.27. The Labute approximate surface area is 120 Å². The number of ether oxygens (including phenoxy) is 3. The molecule has 0 unspecified atom stereocenters. The SMILES string of the molecule is C[C@H](CO)[C@H]1OC(C)(C)OC[C@@H]1NC(=O)OC(C)(C)C. The molecule has 1 fully saturated rings. The van der Waals surface area contributed by atoms with Gasteiger partial charge < -0.3 is 24.6 Å². The van der Waals surface area contributed by atoms with Crippen molar-refractivity contribution in [2.45, 2.75) is 65.1 Å². The van der Waals surface area contributed by atoms with E-state index in [4.69, 9.17) is 14.2 Å². The first kappa shape index (κ1) is 17.2. The van der Waals surface area contributed by atoms with Gasteiger partial charge in [0.05, 0.1) is 18.8 Å². The molecule has 0 aromatic heterocycles. The number of alkyl carbamates (subject to hydrolysis) is 1. The van der Waals surface area contributed by atoms with Crippen LogP contribution in [0.1, 0.15) is 41.5 Å². The van der Waals surface area contributed by atoms with E-state index in [-0.39, 0.29) is 24.7 Å². The number of aliphatic hydroxyl groups excluding tert-OH is 1. The fourth-order valence-corrected chi connectivity index (χ4v) is 2.03. The molecule has 0 aromatic carbocycles. The van der Waals surface area contributed by atoms with Crippen LogP contribution in [0.2, 0.25) is 0 Å². The molecule has 6 nitrogen and oxygen atoms in total. The minimum Gasteiger partial charge on any atom is -0.444 e. The van der Waals surface area contributed by atoms with Crippen LogP contribution >= 0.6 is 0 Å². The topological polar surface area (TPSA) is 77.0 Å². The molecule has 2 N–H and O–H groups in total. The van der Waals surface area contributed by atoms with Gasteiger partial charge in [-0.15, -0.1) is 0 Å². The van der Waals surface area contributed by atoms with Gasteiger partial charge in [-0.2, -0.15) is 0 Å². The normalized spacial score (nSPS) is 27.8.